The van der Waals surface area contributed by atoms with Gasteiger partial charge in [0.15, 0.2) is 29.1 Å². The van der Waals surface area contributed by atoms with Gasteiger partial charge in [0.1, 0.15) is 12.4 Å². The van der Waals surface area contributed by atoms with Crippen LogP contribution in [0.2, 0.25) is 0 Å². The summed E-state index contributed by atoms with van der Waals surface area (Å²) in [5.41, 5.74) is 6.56. The van der Waals surface area contributed by atoms with Gasteiger partial charge in [0.2, 0.25) is 0 Å². The van der Waals surface area contributed by atoms with Gasteiger partial charge in [-0.2, -0.15) is 0 Å². The number of aliphatic imine (C=N–C) groups is 1. The Morgan fingerprint density at radius 3 is 2.69 bits per heavy atom. The van der Waals surface area contributed by atoms with Gasteiger partial charge in [-0.15, -0.1) is 0 Å². The molecule has 1 aliphatic heterocycles. The van der Waals surface area contributed by atoms with Gasteiger partial charge < -0.3 is 25.3 Å². The predicted molar refractivity (Wildman–Crippen MR) is 94.0 cm³/mol. The van der Waals surface area contributed by atoms with E-state index in [2.05, 4.69) is 10.3 Å². The molecular weight excluding hydrogens is 344 g/mol. The standard InChI is InChI=1S/C18H19F2N3O3/c19-14-4-3-13(11-15(14)20)24-9-6-22-18(21)23-12-2-5-16-17(10-12)26-8-1-7-25-16/h2-5,10-11H,1,6-9H2,(H3,21,22,23). The molecule has 0 atom stereocenters. The normalized spacial score (nSPS) is 13.8. The largest absolute Gasteiger partial charge is 0.492 e. The van der Waals surface area contributed by atoms with Crippen molar-refractivity contribution in [2.45, 2.75) is 6.42 Å². The first kappa shape index (κ1) is 17.8. The summed E-state index contributed by atoms with van der Waals surface area (Å²) in [5, 5.41) is 2.95. The lowest BCUT2D eigenvalue weighted by atomic mass is 10.3. The summed E-state index contributed by atoms with van der Waals surface area (Å²) >= 11 is 0. The van der Waals surface area contributed by atoms with E-state index < -0.39 is 11.6 Å². The van der Waals surface area contributed by atoms with Crippen molar-refractivity contribution in [3.8, 4) is 17.2 Å². The molecule has 0 radical (unpaired) electrons. The van der Waals surface area contributed by atoms with E-state index in [4.69, 9.17) is 19.9 Å². The first-order chi connectivity index (χ1) is 12.6. The van der Waals surface area contributed by atoms with Crippen LogP contribution in [0.3, 0.4) is 0 Å². The second-order valence-electron chi connectivity index (χ2n) is 5.53. The number of halogens is 2. The highest BCUT2D eigenvalue weighted by Crippen LogP contribution is 2.32. The van der Waals surface area contributed by atoms with Crippen LogP contribution in [0.1, 0.15) is 6.42 Å². The van der Waals surface area contributed by atoms with Gasteiger partial charge >= 0.3 is 0 Å². The zero-order chi connectivity index (χ0) is 18.4. The van der Waals surface area contributed by atoms with E-state index in [0.717, 1.165) is 24.2 Å². The molecule has 0 aromatic heterocycles. The Morgan fingerprint density at radius 1 is 1.08 bits per heavy atom. The Balaban J connectivity index is 1.50. The van der Waals surface area contributed by atoms with Gasteiger partial charge in [-0.05, 0) is 24.3 Å². The fourth-order valence-electron chi connectivity index (χ4n) is 2.32. The van der Waals surface area contributed by atoms with Crippen molar-refractivity contribution in [1.29, 1.82) is 0 Å². The molecule has 0 bridgehead atoms. The third-order valence-corrected chi connectivity index (χ3v) is 3.55. The highest BCUT2D eigenvalue weighted by Gasteiger charge is 2.10. The second-order valence-corrected chi connectivity index (χ2v) is 5.53. The fourth-order valence-corrected chi connectivity index (χ4v) is 2.32. The molecule has 8 heteroatoms. The van der Waals surface area contributed by atoms with E-state index in [9.17, 15) is 8.78 Å². The van der Waals surface area contributed by atoms with E-state index >= 15 is 0 Å². The first-order valence-corrected chi connectivity index (χ1v) is 8.16. The minimum atomic E-state index is -0.957. The third kappa shape index (κ3) is 4.75. The molecule has 0 unspecified atom stereocenters. The summed E-state index contributed by atoms with van der Waals surface area (Å²) in [6, 6.07) is 8.75. The lowest BCUT2D eigenvalue weighted by Crippen LogP contribution is -2.23. The minimum Gasteiger partial charge on any atom is -0.492 e. The molecule has 0 fully saturated rings. The Morgan fingerprint density at radius 2 is 1.88 bits per heavy atom. The monoisotopic (exact) mass is 363 g/mol. The summed E-state index contributed by atoms with van der Waals surface area (Å²) in [6.45, 7) is 1.65. The smallest absolute Gasteiger partial charge is 0.193 e. The molecule has 0 aliphatic carbocycles. The molecular formula is C18H19F2N3O3. The van der Waals surface area contributed by atoms with Crippen LogP contribution in [0.4, 0.5) is 14.5 Å². The summed E-state index contributed by atoms with van der Waals surface area (Å²) < 4.78 is 42.4. The molecule has 2 aromatic carbocycles. The van der Waals surface area contributed by atoms with Crippen molar-refractivity contribution in [2.75, 3.05) is 31.7 Å². The molecule has 1 heterocycles. The second kappa shape index (κ2) is 8.37. The van der Waals surface area contributed by atoms with Crippen LogP contribution in [-0.2, 0) is 0 Å². The quantitative estimate of drug-likeness (QED) is 0.485. The van der Waals surface area contributed by atoms with Gasteiger partial charge in [-0.1, -0.05) is 0 Å². The summed E-state index contributed by atoms with van der Waals surface area (Å²) in [5.74, 6) is -0.0899. The Labute approximate surface area is 149 Å². The number of hydrogen-bond donors (Lipinski definition) is 2. The molecule has 0 spiro atoms. The Kier molecular flexibility index (Phi) is 5.73. The van der Waals surface area contributed by atoms with E-state index in [0.29, 0.717) is 24.7 Å². The topological polar surface area (TPSA) is 78.1 Å². The number of hydrogen-bond acceptors (Lipinski definition) is 4. The maximum absolute atomic E-state index is 13.1. The van der Waals surface area contributed by atoms with E-state index in [1.54, 1.807) is 6.07 Å². The number of nitrogens with two attached hydrogens (primary N) is 1. The number of guanidine groups is 1. The van der Waals surface area contributed by atoms with Crippen LogP contribution in [0, 0.1) is 11.6 Å². The van der Waals surface area contributed by atoms with Crippen LogP contribution in [0.5, 0.6) is 17.2 Å². The molecule has 3 N–H and O–H groups in total. The maximum atomic E-state index is 13.1. The number of benzene rings is 2. The van der Waals surface area contributed by atoms with Crippen LogP contribution in [-0.4, -0.2) is 32.3 Å². The highest BCUT2D eigenvalue weighted by molar-refractivity contribution is 5.92. The van der Waals surface area contributed by atoms with Crippen molar-refractivity contribution in [3.05, 3.63) is 48.0 Å². The average Bonchev–Trinajstić information content (AvgIpc) is 2.86. The van der Waals surface area contributed by atoms with Crippen molar-refractivity contribution in [1.82, 2.24) is 0 Å². The minimum absolute atomic E-state index is 0.175. The summed E-state index contributed by atoms with van der Waals surface area (Å²) in [4.78, 5) is 4.12. The van der Waals surface area contributed by atoms with Crippen LogP contribution in [0.15, 0.2) is 41.4 Å². The molecule has 0 saturated carbocycles. The zero-order valence-corrected chi connectivity index (χ0v) is 14.0. The van der Waals surface area contributed by atoms with Crippen LogP contribution < -0.4 is 25.3 Å². The summed E-state index contributed by atoms with van der Waals surface area (Å²) in [7, 11) is 0. The first-order valence-electron chi connectivity index (χ1n) is 8.16. The number of anilines is 1. The maximum Gasteiger partial charge on any atom is 0.193 e. The molecule has 3 rings (SSSR count). The Hall–Kier alpha value is -3.03. The molecule has 0 amide bonds. The molecule has 2 aromatic rings. The number of nitrogens with zero attached hydrogens (tertiary/aromatic N) is 1. The molecule has 6 nitrogen and oxygen atoms in total. The third-order valence-electron chi connectivity index (χ3n) is 3.55. The van der Waals surface area contributed by atoms with E-state index in [-0.39, 0.29) is 24.9 Å². The molecule has 138 valence electrons. The van der Waals surface area contributed by atoms with E-state index in [1.165, 1.54) is 6.07 Å². The lowest BCUT2D eigenvalue weighted by molar-refractivity contribution is 0.297. The number of ether oxygens (including phenoxy) is 3. The van der Waals surface area contributed by atoms with Gasteiger partial charge in [0, 0.05) is 24.2 Å². The number of rotatable bonds is 5. The number of fused-ring (bicyclic) bond motifs is 1. The highest BCUT2D eigenvalue weighted by atomic mass is 19.2. The van der Waals surface area contributed by atoms with Gasteiger partial charge in [0.05, 0.1) is 19.8 Å². The number of nitrogens with one attached hydrogen (secondary N) is 1. The SMILES string of the molecule is NC(=NCCOc1ccc(F)c(F)c1)Nc1ccc2c(c1)OCCCO2. The summed E-state index contributed by atoms with van der Waals surface area (Å²) in [6.07, 6.45) is 0.832. The Bertz CT molecular complexity index is 799. The van der Waals surface area contributed by atoms with Gasteiger partial charge in [-0.25, -0.2) is 13.8 Å². The zero-order valence-electron chi connectivity index (χ0n) is 14.0. The van der Waals surface area contributed by atoms with Crippen LogP contribution in [0.25, 0.3) is 0 Å². The predicted octanol–water partition coefficient (Wildman–Crippen LogP) is 2.93. The average molecular weight is 363 g/mol. The lowest BCUT2D eigenvalue weighted by Gasteiger charge is -2.11. The fraction of sp³-hybridized carbons (Fsp3) is 0.278. The molecule has 0 saturated heterocycles. The van der Waals surface area contributed by atoms with Crippen LogP contribution >= 0.6 is 0 Å². The van der Waals surface area contributed by atoms with Crippen molar-refractivity contribution < 1.29 is 23.0 Å². The van der Waals surface area contributed by atoms with Crippen molar-refractivity contribution in [2.24, 2.45) is 10.7 Å². The molecule has 26 heavy (non-hydrogen) atoms. The van der Waals surface area contributed by atoms with E-state index in [1.807, 2.05) is 12.1 Å². The molecule has 1 aliphatic rings. The van der Waals surface area contributed by atoms with Gasteiger partial charge in [-0.3, -0.25) is 0 Å². The van der Waals surface area contributed by atoms with Crippen molar-refractivity contribution in [3.63, 3.8) is 0 Å². The van der Waals surface area contributed by atoms with Gasteiger partial charge in [0.25, 0.3) is 0 Å². The van der Waals surface area contributed by atoms with Crippen molar-refractivity contribution >= 4 is 11.6 Å².